The maximum Gasteiger partial charge on any atom is 0.338 e. The Morgan fingerprint density at radius 3 is 2.34 bits per heavy atom. The largest absolute Gasteiger partial charge is 0.496 e. The van der Waals surface area contributed by atoms with Crippen molar-refractivity contribution in [1.29, 1.82) is 0 Å². The standard InChI is InChI=1S/C27H27BrN2O7S/c1-7-37-26(32)21-14(2)29-27-30(22(21)15-8-10-18(33-3)17(28)12-15)25(31)20(38-27)13-16-9-11-19(34-4)24(36-6)23(16)35-5/h8-13,22H,7H2,1-6H3/b20-13+/t22-/m0/s1. The Hall–Kier alpha value is -3.57. The molecule has 0 fully saturated rings. The fourth-order valence-electron chi connectivity index (χ4n) is 4.34. The number of ether oxygens (including phenoxy) is 5. The van der Waals surface area contributed by atoms with Crippen LogP contribution in [-0.2, 0) is 9.53 Å². The first kappa shape index (κ1) is 27.5. The van der Waals surface area contributed by atoms with Crippen LogP contribution < -0.4 is 33.8 Å². The summed E-state index contributed by atoms with van der Waals surface area (Å²) >= 11 is 4.74. The zero-order chi connectivity index (χ0) is 27.6. The van der Waals surface area contributed by atoms with Gasteiger partial charge in [0.2, 0.25) is 5.75 Å². The third-order valence-corrected chi connectivity index (χ3v) is 7.63. The summed E-state index contributed by atoms with van der Waals surface area (Å²) in [4.78, 5) is 32.1. The second-order valence-corrected chi connectivity index (χ2v) is 9.98. The van der Waals surface area contributed by atoms with Crippen LogP contribution in [0.25, 0.3) is 6.08 Å². The molecule has 38 heavy (non-hydrogen) atoms. The Bertz CT molecular complexity index is 1610. The van der Waals surface area contributed by atoms with Crippen molar-refractivity contribution in [2.24, 2.45) is 4.99 Å². The van der Waals surface area contributed by atoms with Gasteiger partial charge in [-0.15, -0.1) is 0 Å². The van der Waals surface area contributed by atoms with Gasteiger partial charge in [0.15, 0.2) is 16.3 Å². The molecule has 1 atom stereocenters. The molecule has 0 saturated heterocycles. The third kappa shape index (κ3) is 4.83. The molecule has 0 N–H and O–H groups in total. The summed E-state index contributed by atoms with van der Waals surface area (Å²) in [6.07, 6.45) is 1.72. The number of fused-ring (bicyclic) bond motifs is 1. The van der Waals surface area contributed by atoms with Gasteiger partial charge in [0.05, 0.1) is 61.4 Å². The molecule has 1 aromatic heterocycles. The highest BCUT2D eigenvalue weighted by Crippen LogP contribution is 2.40. The Balaban J connectivity index is 1.98. The molecule has 3 aromatic rings. The average Bonchev–Trinajstić information content (AvgIpc) is 3.21. The number of methoxy groups -OCH3 is 4. The van der Waals surface area contributed by atoms with E-state index in [-0.39, 0.29) is 12.2 Å². The number of hydrogen-bond donors (Lipinski definition) is 0. The second kappa shape index (κ2) is 11.4. The van der Waals surface area contributed by atoms with Gasteiger partial charge < -0.3 is 23.7 Å². The van der Waals surface area contributed by atoms with Gasteiger partial charge in [-0.25, -0.2) is 9.79 Å². The molecule has 9 nitrogen and oxygen atoms in total. The average molecular weight is 603 g/mol. The van der Waals surface area contributed by atoms with Crippen LogP contribution in [0, 0.1) is 0 Å². The molecule has 0 aliphatic carbocycles. The minimum absolute atomic E-state index is 0.193. The maximum atomic E-state index is 13.9. The minimum Gasteiger partial charge on any atom is -0.496 e. The first-order valence-electron chi connectivity index (χ1n) is 11.6. The van der Waals surface area contributed by atoms with Gasteiger partial charge in [0.25, 0.3) is 5.56 Å². The maximum absolute atomic E-state index is 13.9. The van der Waals surface area contributed by atoms with E-state index in [4.69, 9.17) is 23.7 Å². The monoisotopic (exact) mass is 602 g/mol. The zero-order valence-electron chi connectivity index (χ0n) is 21.8. The number of thiazole rings is 1. The van der Waals surface area contributed by atoms with Crippen molar-refractivity contribution in [3.8, 4) is 23.0 Å². The van der Waals surface area contributed by atoms with Gasteiger partial charge in [-0.2, -0.15) is 0 Å². The fourth-order valence-corrected chi connectivity index (χ4v) is 5.93. The molecular weight excluding hydrogens is 576 g/mol. The lowest BCUT2D eigenvalue weighted by molar-refractivity contribution is -0.139. The second-order valence-electron chi connectivity index (χ2n) is 8.12. The number of aromatic nitrogens is 1. The zero-order valence-corrected chi connectivity index (χ0v) is 24.2. The van der Waals surface area contributed by atoms with Crippen molar-refractivity contribution in [3.63, 3.8) is 0 Å². The number of benzene rings is 2. The van der Waals surface area contributed by atoms with Crippen LogP contribution in [0.5, 0.6) is 23.0 Å². The fraction of sp³-hybridized carbons (Fsp3) is 0.296. The van der Waals surface area contributed by atoms with E-state index in [9.17, 15) is 9.59 Å². The molecule has 200 valence electrons. The van der Waals surface area contributed by atoms with Crippen molar-refractivity contribution in [2.45, 2.75) is 19.9 Å². The van der Waals surface area contributed by atoms with E-state index in [0.717, 1.165) is 0 Å². The lowest BCUT2D eigenvalue weighted by Gasteiger charge is -2.25. The predicted octanol–water partition coefficient (Wildman–Crippen LogP) is 3.60. The van der Waals surface area contributed by atoms with Crippen LogP contribution in [-0.4, -0.2) is 45.6 Å². The van der Waals surface area contributed by atoms with Crippen LogP contribution >= 0.6 is 27.3 Å². The Kier molecular flexibility index (Phi) is 8.27. The smallest absolute Gasteiger partial charge is 0.338 e. The van der Waals surface area contributed by atoms with E-state index in [1.807, 2.05) is 12.1 Å². The number of halogens is 1. The van der Waals surface area contributed by atoms with E-state index in [2.05, 4.69) is 20.9 Å². The molecule has 1 aliphatic rings. The van der Waals surface area contributed by atoms with Crippen molar-refractivity contribution >= 4 is 39.3 Å². The molecule has 0 bridgehead atoms. The summed E-state index contributed by atoms with van der Waals surface area (Å²) in [6.45, 7) is 3.67. The molecule has 0 amide bonds. The summed E-state index contributed by atoms with van der Waals surface area (Å²) in [7, 11) is 6.15. The van der Waals surface area contributed by atoms with E-state index in [0.29, 0.717) is 59.2 Å². The van der Waals surface area contributed by atoms with Gasteiger partial charge in [-0.05, 0) is 65.7 Å². The van der Waals surface area contributed by atoms with Crippen LogP contribution in [0.15, 0.2) is 55.9 Å². The Morgan fingerprint density at radius 2 is 1.74 bits per heavy atom. The van der Waals surface area contributed by atoms with Crippen molar-refractivity contribution in [3.05, 3.63) is 76.9 Å². The molecule has 0 saturated carbocycles. The number of allylic oxidation sites excluding steroid dienone is 1. The summed E-state index contributed by atoms with van der Waals surface area (Å²) in [5, 5.41) is 0. The predicted molar refractivity (Wildman–Crippen MR) is 147 cm³/mol. The van der Waals surface area contributed by atoms with Crippen LogP contribution in [0.1, 0.15) is 31.0 Å². The number of esters is 1. The van der Waals surface area contributed by atoms with Crippen molar-refractivity contribution in [1.82, 2.24) is 4.57 Å². The SMILES string of the molecule is CCOC(=O)C1=C(C)N=c2s/c(=C/c3ccc(OC)c(OC)c3OC)c(=O)n2[C@H]1c1ccc(OC)c(Br)c1. The van der Waals surface area contributed by atoms with E-state index < -0.39 is 12.0 Å². The minimum atomic E-state index is -0.748. The summed E-state index contributed by atoms with van der Waals surface area (Å²) in [5.74, 6) is 1.44. The molecule has 4 rings (SSSR count). The first-order chi connectivity index (χ1) is 18.3. The van der Waals surface area contributed by atoms with Crippen LogP contribution in [0.2, 0.25) is 0 Å². The topological polar surface area (TPSA) is 97.6 Å². The lowest BCUT2D eigenvalue weighted by Crippen LogP contribution is -2.40. The van der Waals surface area contributed by atoms with Crippen molar-refractivity contribution in [2.75, 3.05) is 35.0 Å². The van der Waals surface area contributed by atoms with E-state index in [1.54, 1.807) is 45.2 Å². The highest BCUT2D eigenvalue weighted by atomic mass is 79.9. The van der Waals surface area contributed by atoms with Crippen LogP contribution in [0.4, 0.5) is 0 Å². The third-order valence-electron chi connectivity index (χ3n) is 6.03. The van der Waals surface area contributed by atoms with Crippen LogP contribution in [0.3, 0.4) is 0 Å². The summed E-state index contributed by atoms with van der Waals surface area (Å²) in [6, 6.07) is 8.21. The number of nitrogens with zero attached hydrogens (tertiary/aromatic N) is 2. The number of carbonyl (C=O) groups excluding carboxylic acids is 1. The summed E-state index contributed by atoms with van der Waals surface area (Å²) in [5.41, 5.74) is 1.80. The molecule has 0 spiro atoms. The molecule has 1 aliphatic heterocycles. The number of rotatable bonds is 8. The molecular formula is C27H27BrN2O7S. The van der Waals surface area contributed by atoms with Gasteiger partial charge in [0.1, 0.15) is 5.75 Å². The Labute approximate surface area is 231 Å². The van der Waals surface area contributed by atoms with Gasteiger partial charge in [-0.1, -0.05) is 17.4 Å². The summed E-state index contributed by atoms with van der Waals surface area (Å²) < 4.78 is 29.8. The van der Waals surface area contributed by atoms with E-state index in [1.165, 1.54) is 37.2 Å². The first-order valence-corrected chi connectivity index (χ1v) is 13.2. The number of carbonyl (C=O) groups is 1. The number of hydrogen-bond acceptors (Lipinski definition) is 9. The molecule has 2 aromatic carbocycles. The molecule has 0 radical (unpaired) electrons. The molecule has 2 heterocycles. The van der Waals surface area contributed by atoms with Crippen molar-refractivity contribution < 1.29 is 28.5 Å². The highest BCUT2D eigenvalue weighted by molar-refractivity contribution is 9.10. The quantitative estimate of drug-likeness (QED) is 0.363. The van der Waals surface area contributed by atoms with Gasteiger partial charge in [0, 0.05) is 5.56 Å². The highest BCUT2D eigenvalue weighted by Gasteiger charge is 2.33. The van der Waals surface area contributed by atoms with Gasteiger partial charge >= 0.3 is 5.97 Å². The lowest BCUT2D eigenvalue weighted by atomic mass is 9.96. The molecule has 11 heteroatoms. The Morgan fingerprint density at radius 1 is 1.05 bits per heavy atom. The van der Waals surface area contributed by atoms with E-state index >= 15 is 0 Å². The van der Waals surface area contributed by atoms with Gasteiger partial charge in [-0.3, -0.25) is 9.36 Å². The normalized spacial score (nSPS) is 15.0. The molecule has 0 unspecified atom stereocenters.